The maximum atomic E-state index is 5.77. The van der Waals surface area contributed by atoms with E-state index in [1.807, 2.05) is 12.1 Å². The van der Waals surface area contributed by atoms with Crippen LogP contribution in [0.5, 0.6) is 5.75 Å². The Morgan fingerprint density at radius 1 is 1.35 bits per heavy atom. The molecule has 1 rings (SSSR count). The monoisotopic (exact) mass is 315 g/mol. The predicted octanol–water partition coefficient (Wildman–Crippen LogP) is 4.71. The molecule has 0 aliphatic carbocycles. The van der Waals surface area contributed by atoms with Gasteiger partial charge in [-0.15, -0.1) is 0 Å². The van der Waals surface area contributed by atoms with E-state index in [2.05, 4.69) is 31.3 Å². The number of hydrogen-bond acceptors (Lipinski definition) is 2. The summed E-state index contributed by atoms with van der Waals surface area (Å²) >= 11 is 11.2. The van der Waals surface area contributed by atoms with Crippen LogP contribution in [0.15, 0.2) is 34.8 Å². The molecule has 1 aromatic carbocycles. The standard InChI is InChI=1S/C16H23Cl2NO/c1-3-10-19-13(2)4-5-14-6-8-16(9-7-14)20-12-15(18)11-17/h6-9,11,13,19H,3-5,10,12H2,1-2H3. The summed E-state index contributed by atoms with van der Waals surface area (Å²) in [5.41, 5.74) is 2.64. The minimum atomic E-state index is 0.308. The van der Waals surface area contributed by atoms with E-state index in [0.717, 1.165) is 25.1 Å². The van der Waals surface area contributed by atoms with Gasteiger partial charge >= 0.3 is 0 Å². The van der Waals surface area contributed by atoms with E-state index in [4.69, 9.17) is 27.9 Å². The first-order valence-corrected chi connectivity index (χ1v) is 7.87. The van der Waals surface area contributed by atoms with Gasteiger partial charge < -0.3 is 10.1 Å². The normalized spacial score (nSPS) is 13.3. The molecule has 0 aromatic heterocycles. The van der Waals surface area contributed by atoms with Gasteiger partial charge in [-0.3, -0.25) is 0 Å². The molecule has 112 valence electrons. The van der Waals surface area contributed by atoms with E-state index in [1.54, 1.807) is 0 Å². The first kappa shape index (κ1) is 17.4. The van der Waals surface area contributed by atoms with Crippen molar-refractivity contribution in [2.75, 3.05) is 13.2 Å². The maximum Gasteiger partial charge on any atom is 0.125 e. The molecule has 1 N–H and O–H groups in total. The van der Waals surface area contributed by atoms with Gasteiger partial charge in [-0.25, -0.2) is 0 Å². The first-order chi connectivity index (χ1) is 9.65. The highest BCUT2D eigenvalue weighted by molar-refractivity contribution is 6.36. The third-order valence-corrected chi connectivity index (χ3v) is 3.62. The average Bonchev–Trinajstić information content (AvgIpc) is 2.49. The van der Waals surface area contributed by atoms with Crippen LogP contribution < -0.4 is 10.1 Å². The molecule has 0 saturated heterocycles. The van der Waals surface area contributed by atoms with E-state index in [1.165, 1.54) is 17.5 Å². The Bertz CT molecular complexity index is 403. The quantitative estimate of drug-likeness (QED) is 0.712. The van der Waals surface area contributed by atoms with Crippen molar-refractivity contribution in [1.82, 2.24) is 5.32 Å². The number of halogens is 2. The van der Waals surface area contributed by atoms with Gasteiger partial charge in [0.25, 0.3) is 0 Å². The Hall–Kier alpha value is -0.700. The second-order valence-corrected chi connectivity index (χ2v) is 5.59. The van der Waals surface area contributed by atoms with Crippen LogP contribution in [0.25, 0.3) is 0 Å². The lowest BCUT2D eigenvalue weighted by atomic mass is 10.1. The zero-order valence-electron chi connectivity index (χ0n) is 12.2. The lowest BCUT2D eigenvalue weighted by Crippen LogP contribution is -2.27. The molecule has 1 unspecified atom stereocenters. The largest absolute Gasteiger partial charge is 0.488 e. The third kappa shape index (κ3) is 7.18. The number of rotatable bonds is 9. The molecule has 20 heavy (non-hydrogen) atoms. The van der Waals surface area contributed by atoms with Crippen molar-refractivity contribution < 1.29 is 4.74 Å². The highest BCUT2D eigenvalue weighted by Gasteiger charge is 2.02. The molecule has 0 aliphatic heterocycles. The molecule has 0 saturated carbocycles. The SMILES string of the molecule is CCCNC(C)CCc1ccc(OCC(Cl)=CCl)cc1. The van der Waals surface area contributed by atoms with Gasteiger partial charge in [0.2, 0.25) is 0 Å². The van der Waals surface area contributed by atoms with Gasteiger partial charge in [0.05, 0.1) is 5.03 Å². The van der Waals surface area contributed by atoms with Gasteiger partial charge in [-0.2, -0.15) is 0 Å². The van der Waals surface area contributed by atoms with Crippen LogP contribution in [0.1, 0.15) is 32.3 Å². The number of benzene rings is 1. The molecule has 0 amide bonds. The van der Waals surface area contributed by atoms with Crippen LogP contribution in [-0.2, 0) is 6.42 Å². The lowest BCUT2D eigenvalue weighted by molar-refractivity contribution is 0.359. The molecule has 1 atom stereocenters. The Morgan fingerprint density at radius 2 is 2.05 bits per heavy atom. The van der Waals surface area contributed by atoms with E-state index in [-0.39, 0.29) is 0 Å². The molecule has 0 aliphatic rings. The summed E-state index contributed by atoms with van der Waals surface area (Å²) in [6.07, 6.45) is 3.39. The summed E-state index contributed by atoms with van der Waals surface area (Å²) in [5.74, 6) is 0.808. The van der Waals surface area contributed by atoms with E-state index in [9.17, 15) is 0 Å². The Balaban J connectivity index is 2.35. The summed E-state index contributed by atoms with van der Waals surface area (Å²) in [7, 11) is 0. The number of aryl methyl sites for hydroxylation is 1. The molecule has 0 bridgehead atoms. The Morgan fingerprint density at radius 3 is 2.65 bits per heavy atom. The van der Waals surface area contributed by atoms with Gasteiger partial charge in [0, 0.05) is 11.6 Å². The summed E-state index contributed by atoms with van der Waals surface area (Å²) in [6.45, 7) is 5.81. The van der Waals surface area contributed by atoms with Gasteiger partial charge in [0.15, 0.2) is 0 Å². The van der Waals surface area contributed by atoms with Gasteiger partial charge in [-0.1, -0.05) is 42.3 Å². The maximum absolute atomic E-state index is 5.77. The number of nitrogens with one attached hydrogen (secondary N) is 1. The van der Waals surface area contributed by atoms with Gasteiger partial charge in [-0.05, 0) is 50.4 Å². The lowest BCUT2D eigenvalue weighted by Gasteiger charge is -2.13. The minimum absolute atomic E-state index is 0.308. The summed E-state index contributed by atoms with van der Waals surface area (Å²) in [4.78, 5) is 0. The molecule has 4 heteroatoms. The molecule has 0 heterocycles. The van der Waals surface area contributed by atoms with Crippen molar-refractivity contribution >= 4 is 23.2 Å². The van der Waals surface area contributed by atoms with Crippen LogP contribution in [0.3, 0.4) is 0 Å². The number of ether oxygens (including phenoxy) is 1. The summed E-state index contributed by atoms with van der Waals surface area (Å²) in [6, 6.07) is 8.69. The zero-order valence-corrected chi connectivity index (χ0v) is 13.7. The third-order valence-electron chi connectivity index (χ3n) is 3.03. The van der Waals surface area contributed by atoms with Crippen molar-refractivity contribution in [3.63, 3.8) is 0 Å². The van der Waals surface area contributed by atoms with Crippen molar-refractivity contribution in [2.45, 2.75) is 39.2 Å². The second-order valence-electron chi connectivity index (χ2n) is 4.88. The van der Waals surface area contributed by atoms with Crippen LogP contribution in [0.2, 0.25) is 0 Å². The Labute approximate surface area is 132 Å². The first-order valence-electron chi connectivity index (χ1n) is 7.05. The van der Waals surface area contributed by atoms with Crippen molar-refractivity contribution in [3.8, 4) is 5.75 Å². The molecule has 1 aromatic rings. The van der Waals surface area contributed by atoms with Crippen molar-refractivity contribution in [1.29, 1.82) is 0 Å². The van der Waals surface area contributed by atoms with Crippen molar-refractivity contribution in [2.24, 2.45) is 0 Å². The smallest absolute Gasteiger partial charge is 0.125 e. The van der Waals surface area contributed by atoms with Crippen LogP contribution in [0.4, 0.5) is 0 Å². The molecule has 0 spiro atoms. The average molecular weight is 316 g/mol. The fourth-order valence-electron chi connectivity index (χ4n) is 1.81. The fourth-order valence-corrected chi connectivity index (χ4v) is 1.93. The van der Waals surface area contributed by atoms with E-state index < -0.39 is 0 Å². The Kier molecular flexibility index (Phi) is 8.75. The highest BCUT2D eigenvalue weighted by atomic mass is 35.5. The van der Waals surface area contributed by atoms with Crippen LogP contribution in [-0.4, -0.2) is 19.2 Å². The predicted molar refractivity (Wildman–Crippen MR) is 87.8 cm³/mol. The van der Waals surface area contributed by atoms with Crippen molar-refractivity contribution in [3.05, 3.63) is 40.4 Å². The van der Waals surface area contributed by atoms with Crippen LogP contribution >= 0.6 is 23.2 Å². The summed E-state index contributed by atoms with van der Waals surface area (Å²) in [5, 5.41) is 3.99. The molecule has 2 nitrogen and oxygen atoms in total. The van der Waals surface area contributed by atoms with E-state index >= 15 is 0 Å². The van der Waals surface area contributed by atoms with E-state index in [0.29, 0.717) is 17.7 Å². The van der Waals surface area contributed by atoms with Gasteiger partial charge in [0.1, 0.15) is 12.4 Å². The topological polar surface area (TPSA) is 21.3 Å². The molecular formula is C16H23Cl2NO. The molecule has 0 radical (unpaired) electrons. The second kappa shape index (κ2) is 10.1. The number of hydrogen-bond donors (Lipinski definition) is 1. The molecule has 0 fully saturated rings. The highest BCUT2D eigenvalue weighted by Crippen LogP contribution is 2.15. The molecular weight excluding hydrogens is 293 g/mol. The minimum Gasteiger partial charge on any atom is -0.488 e. The summed E-state index contributed by atoms with van der Waals surface area (Å²) < 4.78 is 5.50. The zero-order chi connectivity index (χ0) is 14.8. The van der Waals surface area contributed by atoms with Crippen LogP contribution in [0, 0.1) is 0 Å². The fraction of sp³-hybridized carbons (Fsp3) is 0.500.